The molecule has 3 aromatic rings. The first-order chi connectivity index (χ1) is 12.7. The average Bonchev–Trinajstić information content (AvgIpc) is 3.19. The summed E-state index contributed by atoms with van der Waals surface area (Å²) in [4.78, 5) is 6.88. The Bertz CT molecular complexity index is 911. The number of methoxy groups -OCH3 is 1. The maximum absolute atomic E-state index is 11.5. The first-order valence-corrected chi connectivity index (χ1v) is 10.0. The molecule has 0 atom stereocenters. The maximum Gasteiger partial charge on any atom is 0.226 e. The van der Waals surface area contributed by atoms with E-state index < -0.39 is 10.8 Å². The summed E-state index contributed by atoms with van der Waals surface area (Å²) in [5.41, 5.74) is 3.84. The first kappa shape index (κ1) is 16.8. The fourth-order valence-corrected chi connectivity index (χ4v) is 4.09. The summed E-state index contributed by atoms with van der Waals surface area (Å²) in [7, 11) is 0.981. The van der Waals surface area contributed by atoms with Crippen LogP contribution in [0.3, 0.4) is 0 Å². The fourth-order valence-electron chi connectivity index (χ4n) is 3.03. The molecule has 0 amide bonds. The molecule has 1 aliphatic rings. The second kappa shape index (κ2) is 7.33. The molecule has 134 valence electrons. The maximum atomic E-state index is 11.5. The van der Waals surface area contributed by atoms with Gasteiger partial charge in [0.2, 0.25) is 5.89 Å². The Morgan fingerprint density at radius 2 is 1.85 bits per heavy atom. The lowest BCUT2D eigenvalue weighted by Crippen LogP contribution is -2.37. The number of anilines is 1. The summed E-state index contributed by atoms with van der Waals surface area (Å²) in [6, 6.07) is 15.9. The second-order valence-electron chi connectivity index (χ2n) is 6.15. The minimum atomic E-state index is -0.660. The second-order valence-corrected chi connectivity index (χ2v) is 7.85. The van der Waals surface area contributed by atoms with E-state index in [2.05, 4.69) is 22.0 Å². The summed E-state index contributed by atoms with van der Waals surface area (Å²) >= 11 is 0. The van der Waals surface area contributed by atoms with E-state index in [0.29, 0.717) is 5.89 Å². The van der Waals surface area contributed by atoms with Gasteiger partial charge in [-0.25, -0.2) is 4.98 Å². The molecule has 2 heterocycles. The van der Waals surface area contributed by atoms with Crippen molar-refractivity contribution in [1.82, 2.24) is 4.98 Å². The Hall–Kier alpha value is -2.60. The topological polar surface area (TPSA) is 55.6 Å². The van der Waals surface area contributed by atoms with Gasteiger partial charge in [0, 0.05) is 52.2 Å². The average molecular weight is 368 g/mol. The van der Waals surface area contributed by atoms with Gasteiger partial charge in [0.1, 0.15) is 17.7 Å². The standard InChI is InChI=1S/C20H20N2O3S/c1-24-18-4-2-3-16(13-18)20-21-19(14-25-20)15-5-7-17(8-6-15)22-9-11-26(23)12-10-22/h2-8,13-14H,9-12H2,1H3. The molecule has 0 spiro atoms. The highest BCUT2D eigenvalue weighted by atomic mass is 32.2. The number of oxazole rings is 1. The van der Waals surface area contributed by atoms with Gasteiger partial charge in [-0.05, 0) is 30.3 Å². The van der Waals surface area contributed by atoms with Crippen LogP contribution in [0.5, 0.6) is 5.75 Å². The van der Waals surface area contributed by atoms with Crippen LogP contribution in [0.15, 0.2) is 59.2 Å². The number of benzene rings is 2. The number of nitrogens with zero attached hydrogens (tertiary/aromatic N) is 2. The lowest BCUT2D eigenvalue weighted by atomic mass is 10.1. The van der Waals surface area contributed by atoms with Crippen LogP contribution in [-0.2, 0) is 10.8 Å². The summed E-state index contributed by atoms with van der Waals surface area (Å²) in [6.07, 6.45) is 1.67. The molecular formula is C20H20N2O3S. The van der Waals surface area contributed by atoms with E-state index in [9.17, 15) is 4.21 Å². The monoisotopic (exact) mass is 368 g/mol. The molecule has 2 aromatic carbocycles. The molecule has 1 aliphatic heterocycles. The van der Waals surface area contributed by atoms with Crippen LogP contribution >= 0.6 is 0 Å². The van der Waals surface area contributed by atoms with Gasteiger partial charge in [0.25, 0.3) is 0 Å². The van der Waals surface area contributed by atoms with Crippen molar-refractivity contribution in [3.63, 3.8) is 0 Å². The minimum Gasteiger partial charge on any atom is -0.497 e. The van der Waals surface area contributed by atoms with Crippen LogP contribution in [0, 0.1) is 0 Å². The highest BCUT2D eigenvalue weighted by Crippen LogP contribution is 2.28. The van der Waals surface area contributed by atoms with Crippen molar-refractivity contribution < 1.29 is 13.4 Å². The summed E-state index contributed by atoms with van der Waals surface area (Å²) in [5.74, 6) is 2.83. The predicted molar refractivity (Wildman–Crippen MR) is 104 cm³/mol. The molecule has 26 heavy (non-hydrogen) atoms. The molecule has 0 bridgehead atoms. The zero-order chi connectivity index (χ0) is 17.9. The molecule has 1 aromatic heterocycles. The molecule has 0 radical (unpaired) electrons. The predicted octanol–water partition coefficient (Wildman–Crippen LogP) is 3.59. The van der Waals surface area contributed by atoms with Gasteiger partial charge in [-0.1, -0.05) is 18.2 Å². The highest BCUT2D eigenvalue weighted by molar-refractivity contribution is 7.85. The molecule has 0 saturated carbocycles. The molecule has 1 saturated heterocycles. The van der Waals surface area contributed by atoms with Crippen LogP contribution in [0.1, 0.15) is 0 Å². The summed E-state index contributed by atoms with van der Waals surface area (Å²) in [6.45, 7) is 1.69. The Kier molecular flexibility index (Phi) is 4.75. The Balaban J connectivity index is 1.53. The van der Waals surface area contributed by atoms with Gasteiger partial charge in [0.15, 0.2) is 0 Å². The molecule has 4 rings (SSSR count). The van der Waals surface area contributed by atoms with Gasteiger partial charge >= 0.3 is 0 Å². The van der Waals surface area contributed by atoms with Crippen molar-refractivity contribution in [2.45, 2.75) is 0 Å². The van der Waals surface area contributed by atoms with E-state index in [-0.39, 0.29) is 0 Å². The Morgan fingerprint density at radius 3 is 2.58 bits per heavy atom. The van der Waals surface area contributed by atoms with Crippen molar-refractivity contribution >= 4 is 16.5 Å². The highest BCUT2D eigenvalue weighted by Gasteiger charge is 2.16. The smallest absolute Gasteiger partial charge is 0.226 e. The number of ether oxygens (including phenoxy) is 1. The van der Waals surface area contributed by atoms with Crippen LogP contribution in [0.2, 0.25) is 0 Å². The SMILES string of the molecule is COc1cccc(-c2nc(-c3ccc(N4CCS(=O)CC4)cc3)co2)c1. The number of rotatable bonds is 4. The van der Waals surface area contributed by atoms with E-state index in [1.807, 2.05) is 36.4 Å². The molecule has 0 unspecified atom stereocenters. The lowest BCUT2D eigenvalue weighted by molar-refractivity contribution is 0.414. The van der Waals surface area contributed by atoms with Gasteiger partial charge < -0.3 is 14.1 Å². The van der Waals surface area contributed by atoms with Crippen LogP contribution < -0.4 is 9.64 Å². The van der Waals surface area contributed by atoms with Crippen molar-refractivity contribution in [1.29, 1.82) is 0 Å². The van der Waals surface area contributed by atoms with Gasteiger partial charge in [-0.3, -0.25) is 4.21 Å². The number of hydrogen-bond donors (Lipinski definition) is 0. The third kappa shape index (κ3) is 3.51. The summed E-state index contributed by atoms with van der Waals surface area (Å²) < 4.78 is 22.4. The van der Waals surface area contributed by atoms with Gasteiger partial charge in [-0.15, -0.1) is 0 Å². The first-order valence-electron chi connectivity index (χ1n) is 8.53. The van der Waals surface area contributed by atoms with E-state index >= 15 is 0 Å². The number of aromatic nitrogens is 1. The molecule has 6 heteroatoms. The molecule has 1 fully saturated rings. The summed E-state index contributed by atoms with van der Waals surface area (Å²) in [5, 5.41) is 0. The van der Waals surface area contributed by atoms with E-state index in [4.69, 9.17) is 9.15 Å². The normalized spacial score (nSPS) is 15.2. The van der Waals surface area contributed by atoms with Crippen molar-refractivity contribution in [3.05, 3.63) is 54.8 Å². The molecular weight excluding hydrogens is 348 g/mol. The van der Waals surface area contributed by atoms with Crippen molar-refractivity contribution in [2.24, 2.45) is 0 Å². The third-order valence-electron chi connectivity index (χ3n) is 4.53. The largest absolute Gasteiger partial charge is 0.497 e. The zero-order valence-electron chi connectivity index (χ0n) is 14.6. The molecule has 0 aliphatic carbocycles. The molecule has 5 nitrogen and oxygen atoms in total. The van der Waals surface area contributed by atoms with E-state index in [1.54, 1.807) is 13.4 Å². The quantitative estimate of drug-likeness (QED) is 0.704. The lowest BCUT2D eigenvalue weighted by Gasteiger charge is -2.28. The van der Waals surface area contributed by atoms with E-state index in [1.165, 1.54) is 0 Å². The molecule has 0 N–H and O–H groups in total. The fraction of sp³-hybridized carbons (Fsp3) is 0.250. The third-order valence-corrected chi connectivity index (χ3v) is 5.80. The number of hydrogen-bond acceptors (Lipinski definition) is 5. The van der Waals surface area contributed by atoms with Crippen LogP contribution in [-0.4, -0.2) is 40.9 Å². The van der Waals surface area contributed by atoms with Gasteiger partial charge in [0.05, 0.1) is 7.11 Å². The van der Waals surface area contributed by atoms with E-state index in [0.717, 1.165) is 52.9 Å². The van der Waals surface area contributed by atoms with Crippen LogP contribution in [0.4, 0.5) is 5.69 Å². The zero-order valence-corrected chi connectivity index (χ0v) is 15.4. The Labute approximate surface area is 155 Å². The Morgan fingerprint density at radius 1 is 1.08 bits per heavy atom. The van der Waals surface area contributed by atoms with Gasteiger partial charge in [-0.2, -0.15) is 0 Å². The van der Waals surface area contributed by atoms with Crippen molar-refractivity contribution in [3.8, 4) is 28.5 Å². The van der Waals surface area contributed by atoms with Crippen LogP contribution in [0.25, 0.3) is 22.7 Å². The minimum absolute atomic E-state index is 0.571. The van der Waals surface area contributed by atoms with Crippen molar-refractivity contribution in [2.75, 3.05) is 36.6 Å².